The zero-order valence-corrected chi connectivity index (χ0v) is 9.00. The van der Waals surface area contributed by atoms with Crippen LogP contribution in [0.25, 0.3) is 0 Å². The Hall–Kier alpha value is -2.29. The van der Waals surface area contributed by atoms with Crippen molar-refractivity contribution >= 4 is 6.29 Å². The first-order valence-corrected chi connectivity index (χ1v) is 5.35. The van der Waals surface area contributed by atoms with Crippen molar-refractivity contribution in [3.05, 3.63) is 59.7 Å². The largest absolute Gasteiger partial charge is 0.447 e. The number of carbonyl (C=O) groups is 1. The van der Waals surface area contributed by atoms with Crippen LogP contribution in [0.3, 0.4) is 0 Å². The molecule has 1 aliphatic rings. The van der Waals surface area contributed by atoms with Crippen molar-refractivity contribution in [1.29, 1.82) is 0 Å². The summed E-state index contributed by atoms with van der Waals surface area (Å²) in [7, 11) is 0. The summed E-state index contributed by atoms with van der Waals surface area (Å²) < 4.78 is 11.3. The second kappa shape index (κ2) is 3.94. The average molecular weight is 226 g/mol. The Morgan fingerprint density at radius 3 is 2.53 bits per heavy atom. The van der Waals surface area contributed by atoms with Crippen LogP contribution in [0.4, 0.5) is 0 Å². The van der Waals surface area contributed by atoms with E-state index < -0.39 is 6.29 Å². The molecule has 3 rings (SSSR count). The van der Waals surface area contributed by atoms with Crippen molar-refractivity contribution in [1.82, 2.24) is 0 Å². The zero-order valence-electron chi connectivity index (χ0n) is 9.00. The summed E-state index contributed by atoms with van der Waals surface area (Å²) in [5.41, 5.74) is 1.45. The second-order valence-corrected chi connectivity index (χ2v) is 3.77. The van der Waals surface area contributed by atoms with Crippen LogP contribution in [0, 0.1) is 0 Å². The van der Waals surface area contributed by atoms with E-state index in [4.69, 9.17) is 9.47 Å². The van der Waals surface area contributed by atoms with Crippen molar-refractivity contribution in [2.75, 3.05) is 0 Å². The van der Waals surface area contributed by atoms with Crippen molar-refractivity contribution < 1.29 is 14.3 Å². The number of carbonyl (C=O) groups excluding carboxylic acids is 1. The molecule has 0 radical (unpaired) electrons. The van der Waals surface area contributed by atoms with Gasteiger partial charge in [0.05, 0.1) is 5.56 Å². The van der Waals surface area contributed by atoms with Crippen LogP contribution in [0.5, 0.6) is 11.5 Å². The monoisotopic (exact) mass is 226 g/mol. The van der Waals surface area contributed by atoms with Crippen LogP contribution in [-0.2, 0) is 0 Å². The van der Waals surface area contributed by atoms with Gasteiger partial charge in [-0.3, -0.25) is 4.79 Å². The van der Waals surface area contributed by atoms with Gasteiger partial charge in [0.2, 0.25) is 0 Å². The van der Waals surface area contributed by atoms with Crippen LogP contribution in [-0.4, -0.2) is 6.29 Å². The molecule has 1 unspecified atom stereocenters. The standard InChI is InChI=1S/C14H10O3/c15-9-11-7-4-8-12-13(11)17-14(16-12)10-5-2-1-3-6-10/h1-9,14H. The molecule has 0 saturated carbocycles. The number of benzene rings is 2. The van der Waals surface area contributed by atoms with E-state index in [0.29, 0.717) is 17.1 Å². The summed E-state index contributed by atoms with van der Waals surface area (Å²) in [6.07, 6.45) is 0.308. The number of aldehydes is 1. The van der Waals surface area contributed by atoms with Gasteiger partial charge in [-0.05, 0) is 12.1 Å². The fourth-order valence-corrected chi connectivity index (χ4v) is 1.84. The third-order valence-corrected chi connectivity index (χ3v) is 2.67. The lowest BCUT2D eigenvalue weighted by Crippen LogP contribution is -2.07. The van der Waals surface area contributed by atoms with E-state index >= 15 is 0 Å². The molecule has 3 nitrogen and oxygen atoms in total. The number of rotatable bonds is 2. The maximum absolute atomic E-state index is 10.9. The average Bonchev–Trinajstić information content (AvgIpc) is 2.83. The first-order valence-electron chi connectivity index (χ1n) is 5.35. The Morgan fingerprint density at radius 1 is 0.941 bits per heavy atom. The summed E-state index contributed by atoms with van der Waals surface area (Å²) in [5, 5.41) is 0. The second-order valence-electron chi connectivity index (χ2n) is 3.77. The highest BCUT2D eigenvalue weighted by Gasteiger charge is 2.27. The van der Waals surface area contributed by atoms with Crippen molar-refractivity contribution in [3.8, 4) is 11.5 Å². The highest BCUT2D eigenvalue weighted by atomic mass is 16.7. The molecule has 84 valence electrons. The maximum atomic E-state index is 10.9. The van der Waals surface area contributed by atoms with Gasteiger partial charge in [-0.2, -0.15) is 0 Å². The number of para-hydroxylation sites is 1. The van der Waals surface area contributed by atoms with Gasteiger partial charge in [0.25, 0.3) is 6.29 Å². The molecule has 2 aromatic carbocycles. The summed E-state index contributed by atoms with van der Waals surface area (Å²) in [6, 6.07) is 14.9. The van der Waals surface area contributed by atoms with E-state index in [-0.39, 0.29) is 0 Å². The molecule has 0 saturated heterocycles. The van der Waals surface area contributed by atoms with E-state index in [2.05, 4.69) is 0 Å². The Labute approximate surface area is 98.6 Å². The molecule has 0 amide bonds. The fourth-order valence-electron chi connectivity index (χ4n) is 1.84. The molecule has 0 aliphatic carbocycles. The lowest BCUT2D eigenvalue weighted by Gasteiger charge is -2.09. The molecule has 1 heterocycles. The van der Waals surface area contributed by atoms with E-state index in [9.17, 15) is 4.79 Å². The third-order valence-electron chi connectivity index (χ3n) is 2.67. The predicted molar refractivity (Wildman–Crippen MR) is 62.3 cm³/mol. The molecule has 2 aromatic rings. The van der Waals surface area contributed by atoms with E-state index in [0.717, 1.165) is 11.8 Å². The van der Waals surface area contributed by atoms with Crippen molar-refractivity contribution in [2.45, 2.75) is 6.29 Å². The number of hydrogen-bond acceptors (Lipinski definition) is 3. The molecular formula is C14H10O3. The predicted octanol–water partition coefficient (Wildman–Crippen LogP) is 2.97. The SMILES string of the molecule is O=Cc1cccc2c1OC(c1ccccc1)O2. The van der Waals surface area contributed by atoms with Crippen molar-refractivity contribution in [3.63, 3.8) is 0 Å². The maximum Gasteiger partial charge on any atom is 0.268 e. The van der Waals surface area contributed by atoms with E-state index in [1.54, 1.807) is 18.2 Å². The van der Waals surface area contributed by atoms with Gasteiger partial charge in [0.15, 0.2) is 17.8 Å². The molecule has 3 heteroatoms. The van der Waals surface area contributed by atoms with Gasteiger partial charge < -0.3 is 9.47 Å². The lowest BCUT2D eigenvalue weighted by atomic mass is 10.2. The highest BCUT2D eigenvalue weighted by Crippen LogP contribution is 2.42. The third kappa shape index (κ3) is 1.65. The van der Waals surface area contributed by atoms with Crippen LogP contribution >= 0.6 is 0 Å². The van der Waals surface area contributed by atoms with Gasteiger partial charge in [0, 0.05) is 5.56 Å². The Balaban J connectivity index is 1.96. The first-order chi connectivity index (χ1) is 8.38. The van der Waals surface area contributed by atoms with Gasteiger partial charge in [0.1, 0.15) is 0 Å². The number of ether oxygens (including phenoxy) is 2. The first kappa shape index (κ1) is 9.90. The fraction of sp³-hybridized carbons (Fsp3) is 0.0714. The van der Waals surface area contributed by atoms with Crippen LogP contribution in [0.1, 0.15) is 22.2 Å². The molecule has 17 heavy (non-hydrogen) atoms. The van der Waals surface area contributed by atoms with Crippen LogP contribution in [0.15, 0.2) is 48.5 Å². The normalized spacial score (nSPS) is 16.8. The molecule has 0 N–H and O–H groups in total. The highest BCUT2D eigenvalue weighted by molar-refractivity contribution is 5.81. The van der Waals surface area contributed by atoms with Gasteiger partial charge in [-0.1, -0.05) is 36.4 Å². The van der Waals surface area contributed by atoms with E-state index in [1.807, 2.05) is 30.3 Å². The van der Waals surface area contributed by atoms with Gasteiger partial charge in [-0.25, -0.2) is 0 Å². The van der Waals surface area contributed by atoms with E-state index in [1.165, 1.54) is 0 Å². The quantitative estimate of drug-likeness (QED) is 0.738. The Kier molecular flexibility index (Phi) is 2.29. The Bertz CT molecular complexity index is 549. The molecule has 0 fully saturated rings. The summed E-state index contributed by atoms with van der Waals surface area (Å²) >= 11 is 0. The molecule has 0 aromatic heterocycles. The molecule has 0 spiro atoms. The van der Waals surface area contributed by atoms with Gasteiger partial charge >= 0.3 is 0 Å². The zero-order chi connectivity index (χ0) is 11.7. The minimum Gasteiger partial charge on any atom is -0.447 e. The number of fused-ring (bicyclic) bond motifs is 1. The summed E-state index contributed by atoms with van der Waals surface area (Å²) in [4.78, 5) is 10.9. The topological polar surface area (TPSA) is 35.5 Å². The minimum atomic E-state index is -0.465. The van der Waals surface area contributed by atoms with Crippen molar-refractivity contribution in [2.24, 2.45) is 0 Å². The lowest BCUT2D eigenvalue weighted by molar-refractivity contribution is 0.0483. The molecule has 1 aliphatic heterocycles. The molecular weight excluding hydrogens is 216 g/mol. The number of hydrogen-bond donors (Lipinski definition) is 0. The summed E-state index contributed by atoms with van der Waals surface area (Å²) in [5.74, 6) is 1.14. The molecule has 1 atom stereocenters. The smallest absolute Gasteiger partial charge is 0.268 e. The van der Waals surface area contributed by atoms with Gasteiger partial charge in [-0.15, -0.1) is 0 Å². The van der Waals surface area contributed by atoms with Crippen LogP contribution in [0.2, 0.25) is 0 Å². The van der Waals surface area contributed by atoms with Crippen LogP contribution < -0.4 is 9.47 Å². The minimum absolute atomic E-state index is 0.465. The Morgan fingerprint density at radius 2 is 1.76 bits per heavy atom. The summed E-state index contributed by atoms with van der Waals surface area (Å²) in [6.45, 7) is 0. The molecule has 0 bridgehead atoms.